The number of carbonyl (C=O) groups excluding carboxylic acids is 1. The van der Waals surface area contributed by atoms with Gasteiger partial charge in [-0.1, -0.05) is 31.0 Å². The van der Waals surface area contributed by atoms with Crippen molar-refractivity contribution >= 4 is 27.8 Å². The number of rotatable bonds is 2. The average molecular weight is 582 g/mol. The van der Waals surface area contributed by atoms with Crippen LogP contribution in [0.15, 0.2) is 54.9 Å². The molecule has 43 heavy (non-hydrogen) atoms. The number of aryl methyl sites for hydroxylation is 2. The van der Waals surface area contributed by atoms with E-state index in [2.05, 4.69) is 50.8 Å². The third-order valence-electron chi connectivity index (χ3n) is 9.65. The van der Waals surface area contributed by atoms with Gasteiger partial charge < -0.3 is 24.5 Å². The Hall–Kier alpha value is -4.18. The molecular formula is C33H36FN7O2. The van der Waals surface area contributed by atoms with Crippen molar-refractivity contribution in [1.29, 1.82) is 0 Å². The molecule has 10 heteroatoms. The molecule has 0 radical (unpaired) electrons. The second-order valence-corrected chi connectivity index (χ2v) is 12.6. The zero-order valence-electron chi connectivity index (χ0n) is 24.4. The Morgan fingerprint density at radius 1 is 1.07 bits per heavy atom. The van der Waals surface area contributed by atoms with Crippen molar-refractivity contribution in [2.75, 3.05) is 13.7 Å². The minimum atomic E-state index is -1.40. The molecule has 0 spiro atoms. The van der Waals surface area contributed by atoms with Crippen LogP contribution in [0.5, 0.6) is 5.75 Å². The molecule has 3 aromatic heterocycles. The molecule has 2 N–H and O–H groups in total. The van der Waals surface area contributed by atoms with Gasteiger partial charge in [0.2, 0.25) is 0 Å². The largest absolute Gasteiger partial charge is 0.494 e. The number of piperidine rings is 1. The minimum Gasteiger partial charge on any atom is -0.494 e. The molecule has 3 atom stereocenters. The number of nitrogens with two attached hydrogens (primary N) is 1. The van der Waals surface area contributed by atoms with Gasteiger partial charge in [0.1, 0.15) is 16.9 Å². The van der Waals surface area contributed by atoms with Crippen molar-refractivity contribution in [3.05, 3.63) is 66.0 Å². The van der Waals surface area contributed by atoms with E-state index in [1.807, 2.05) is 16.9 Å². The smallest absolute Gasteiger partial charge is 0.254 e. The first kappa shape index (κ1) is 26.4. The van der Waals surface area contributed by atoms with Crippen LogP contribution >= 0.6 is 0 Å². The number of hydrogen-bond acceptors (Lipinski definition) is 5. The summed E-state index contributed by atoms with van der Waals surface area (Å²) >= 11 is 0. The third kappa shape index (κ3) is 4.33. The molecule has 1 unspecified atom stereocenters. The molecule has 3 aliphatic rings. The summed E-state index contributed by atoms with van der Waals surface area (Å²) in [6.07, 6.45) is 9.09. The van der Waals surface area contributed by atoms with Crippen LogP contribution in [0.4, 0.5) is 4.39 Å². The Morgan fingerprint density at radius 2 is 1.91 bits per heavy atom. The number of alkyl halides is 1. The van der Waals surface area contributed by atoms with Gasteiger partial charge in [-0.05, 0) is 37.1 Å². The molecule has 8 rings (SSSR count). The number of imidazole rings is 1. The van der Waals surface area contributed by atoms with Crippen LogP contribution in [-0.4, -0.2) is 66.1 Å². The van der Waals surface area contributed by atoms with E-state index in [4.69, 9.17) is 15.5 Å². The van der Waals surface area contributed by atoms with Crippen LogP contribution < -0.4 is 10.5 Å². The summed E-state index contributed by atoms with van der Waals surface area (Å²) in [7, 11) is 1.62. The quantitative estimate of drug-likeness (QED) is 0.312. The first-order valence-corrected chi connectivity index (χ1v) is 15.3. The Labute approximate surface area is 249 Å². The number of halogens is 1. The lowest BCUT2D eigenvalue weighted by atomic mass is 10.0. The summed E-state index contributed by atoms with van der Waals surface area (Å²) in [6, 6.07) is 13.6. The van der Waals surface area contributed by atoms with Crippen molar-refractivity contribution in [2.24, 2.45) is 5.73 Å². The standard InChI is InChI=1S/C33H36FN7O2/c1-43-29-14-23(32(42)41-20-33(34)15-24(35)28(41)16-33)12-25-30(29)40-19-21-17-36-38(18-21)10-6-2-3-7-11-39-26-9-5-4-8-22(26)13-27(39)31(40)37-25/h4-5,8-9,12-14,17-18,24,28H,2-3,6-7,10-11,15-16,19-20,35H2,1H3/t24-,28?,33-/m1/s1. The van der Waals surface area contributed by atoms with Gasteiger partial charge in [0.15, 0.2) is 5.82 Å². The predicted octanol–water partition coefficient (Wildman–Crippen LogP) is 5.14. The molecule has 1 saturated heterocycles. The highest BCUT2D eigenvalue weighted by molar-refractivity contribution is 6.00. The van der Waals surface area contributed by atoms with E-state index in [1.54, 1.807) is 18.1 Å². The van der Waals surface area contributed by atoms with E-state index in [9.17, 15) is 4.79 Å². The van der Waals surface area contributed by atoms with Crippen molar-refractivity contribution < 1.29 is 13.9 Å². The first-order chi connectivity index (χ1) is 20.9. The van der Waals surface area contributed by atoms with E-state index in [0.29, 0.717) is 36.2 Å². The fourth-order valence-corrected chi connectivity index (χ4v) is 7.63. The molecule has 4 bridgehead atoms. The summed E-state index contributed by atoms with van der Waals surface area (Å²) in [5.74, 6) is 1.13. The fraction of sp³-hybridized carbons (Fsp3) is 0.424. The second-order valence-electron chi connectivity index (χ2n) is 12.6. The fourth-order valence-electron chi connectivity index (χ4n) is 7.63. The Kier molecular flexibility index (Phi) is 6.11. The Morgan fingerprint density at radius 3 is 2.72 bits per heavy atom. The van der Waals surface area contributed by atoms with Crippen LogP contribution in [0, 0.1) is 0 Å². The van der Waals surface area contributed by atoms with Gasteiger partial charge in [-0.15, -0.1) is 0 Å². The van der Waals surface area contributed by atoms with Gasteiger partial charge in [0, 0.05) is 60.2 Å². The maximum absolute atomic E-state index is 15.2. The van der Waals surface area contributed by atoms with Crippen LogP contribution in [0.3, 0.4) is 0 Å². The maximum atomic E-state index is 15.2. The Balaban J connectivity index is 1.31. The summed E-state index contributed by atoms with van der Waals surface area (Å²) in [5.41, 5.74) is 10.0. The van der Waals surface area contributed by atoms with Crippen molar-refractivity contribution in [2.45, 2.75) is 75.9 Å². The molecule has 5 heterocycles. The van der Waals surface area contributed by atoms with E-state index in [1.165, 1.54) is 5.52 Å². The number of fused-ring (bicyclic) bond motifs is 11. The number of benzene rings is 2. The zero-order valence-corrected chi connectivity index (χ0v) is 24.4. The van der Waals surface area contributed by atoms with E-state index in [-0.39, 0.29) is 24.5 Å². The first-order valence-electron chi connectivity index (χ1n) is 15.3. The molecule has 5 aromatic rings. The molecule has 2 aliphatic heterocycles. The molecular weight excluding hydrogens is 545 g/mol. The lowest BCUT2D eigenvalue weighted by molar-refractivity contribution is 0.0599. The number of likely N-dealkylation sites (tertiary alicyclic amines) is 1. The Bertz CT molecular complexity index is 1870. The number of amides is 1. The van der Waals surface area contributed by atoms with Crippen molar-refractivity contribution in [1.82, 2.24) is 28.8 Å². The zero-order chi connectivity index (χ0) is 29.3. The molecule has 2 aromatic carbocycles. The average Bonchev–Trinajstić information content (AvgIpc) is 3.81. The van der Waals surface area contributed by atoms with Crippen LogP contribution in [-0.2, 0) is 19.6 Å². The SMILES string of the molecule is COc1cc(C(=O)N2C[C@]3(F)CC2[C@H](N)C3)cc2nc3n(c12)Cc1cnn(c1)CCCCCCn1c-3cc2ccccc21. The minimum absolute atomic E-state index is 0.0777. The number of aromatic nitrogens is 5. The number of methoxy groups -OCH3 is 1. The van der Waals surface area contributed by atoms with E-state index in [0.717, 1.165) is 66.8 Å². The number of nitrogens with zero attached hydrogens (tertiary/aromatic N) is 6. The summed E-state index contributed by atoms with van der Waals surface area (Å²) in [4.78, 5) is 20.6. The second kappa shape index (κ2) is 9.94. The molecule has 1 amide bonds. The number of hydrogen-bond donors (Lipinski definition) is 1. The highest BCUT2D eigenvalue weighted by Crippen LogP contribution is 2.44. The highest BCUT2D eigenvalue weighted by Gasteiger charge is 2.56. The number of carbonyl (C=O) groups is 1. The van der Waals surface area contributed by atoms with Gasteiger partial charge in [0.05, 0.1) is 43.6 Å². The number of para-hydroxylation sites is 1. The van der Waals surface area contributed by atoms with Crippen molar-refractivity contribution in [3.8, 4) is 17.3 Å². The van der Waals surface area contributed by atoms with Crippen LogP contribution in [0.25, 0.3) is 33.5 Å². The van der Waals surface area contributed by atoms with Gasteiger partial charge in [-0.2, -0.15) is 5.10 Å². The highest BCUT2D eigenvalue weighted by atomic mass is 19.1. The van der Waals surface area contributed by atoms with Gasteiger partial charge >= 0.3 is 0 Å². The molecule has 1 saturated carbocycles. The summed E-state index contributed by atoms with van der Waals surface area (Å²) < 4.78 is 27.8. The predicted molar refractivity (Wildman–Crippen MR) is 163 cm³/mol. The van der Waals surface area contributed by atoms with Crippen LogP contribution in [0.2, 0.25) is 0 Å². The van der Waals surface area contributed by atoms with E-state index < -0.39 is 5.67 Å². The molecule has 9 nitrogen and oxygen atoms in total. The summed E-state index contributed by atoms with van der Waals surface area (Å²) in [5, 5.41) is 5.80. The molecule has 1 aliphatic carbocycles. The van der Waals surface area contributed by atoms with Crippen LogP contribution in [0.1, 0.15) is 54.4 Å². The lowest BCUT2D eigenvalue weighted by Crippen LogP contribution is -2.50. The van der Waals surface area contributed by atoms with Gasteiger partial charge in [-0.25, -0.2) is 9.37 Å². The monoisotopic (exact) mass is 581 g/mol. The maximum Gasteiger partial charge on any atom is 0.254 e. The lowest BCUT2D eigenvalue weighted by Gasteiger charge is -2.32. The molecule has 222 valence electrons. The third-order valence-corrected chi connectivity index (χ3v) is 9.65. The van der Waals surface area contributed by atoms with Crippen molar-refractivity contribution in [3.63, 3.8) is 0 Å². The summed E-state index contributed by atoms with van der Waals surface area (Å²) in [6.45, 7) is 2.40. The van der Waals surface area contributed by atoms with Gasteiger partial charge in [0.25, 0.3) is 5.91 Å². The van der Waals surface area contributed by atoms with E-state index >= 15 is 4.39 Å². The topological polar surface area (TPSA) is 96.1 Å². The normalized spacial score (nSPS) is 23.8. The van der Waals surface area contributed by atoms with Gasteiger partial charge in [-0.3, -0.25) is 9.48 Å². The molecule has 2 fully saturated rings. The number of ether oxygens (including phenoxy) is 1.